The van der Waals surface area contributed by atoms with Crippen LogP contribution in [0.3, 0.4) is 0 Å². The normalized spacial score (nSPS) is 17.1. The van der Waals surface area contributed by atoms with Crippen molar-refractivity contribution < 1.29 is 13.2 Å². The van der Waals surface area contributed by atoms with E-state index < -0.39 is 12.2 Å². The fourth-order valence-corrected chi connectivity index (χ4v) is 1.46. The predicted octanol–water partition coefficient (Wildman–Crippen LogP) is 2.00. The van der Waals surface area contributed by atoms with Crippen LogP contribution in [0, 0.1) is 0 Å². The number of hydrogen-bond acceptors (Lipinski definition) is 2. The van der Waals surface area contributed by atoms with Crippen molar-refractivity contribution in [3.63, 3.8) is 0 Å². The lowest BCUT2D eigenvalue weighted by Crippen LogP contribution is -2.51. The Hall–Kier alpha value is -0.290. The van der Waals surface area contributed by atoms with Crippen LogP contribution in [0.25, 0.3) is 0 Å². The third kappa shape index (κ3) is 3.84. The van der Waals surface area contributed by atoms with Crippen molar-refractivity contribution in [3.8, 4) is 0 Å². The molecule has 0 saturated heterocycles. The third-order valence-corrected chi connectivity index (χ3v) is 2.49. The third-order valence-electron chi connectivity index (χ3n) is 2.49. The van der Waals surface area contributed by atoms with Crippen LogP contribution in [0.1, 0.15) is 26.7 Å². The van der Waals surface area contributed by atoms with Gasteiger partial charge in [-0.3, -0.25) is 4.90 Å². The molecule has 0 fully saturated rings. The lowest BCUT2D eigenvalue weighted by Gasteiger charge is -2.33. The molecule has 0 aromatic heterocycles. The maximum Gasteiger partial charge on any atom is 0.405 e. The van der Waals surface area contributed by atoms with Gasteiger partial charge in [0.05, 0.1) is 0 Å². The van der Waals surface area contributed by atoms with Crippen LogP contribution in [0.5, 0.6) is 0 Å². The summed E-state index contributed by atoms with van der Waals surface area (Å²) in [5, 5.41) is 0. The van der Waals surface area contributed by atoms with Gasteiger partial charge in [-0.25, -0.2) is 0 Å². The summed E-state index contributed by atoms with van der Waals surface area (Å²) >= 11 is 0. The second-order valence-electron chi connectivity index (χ2n) is 3.60. The van der Waals surface area contributed by atoms with E-state index in [1.54, 1.807) is 6.92 Å². The van der Waals surface area contributed by atoms with E-state index in [1.807, 2.05) is 6.92 Å². The zero-order chi connectivity index (χ0) is 11.4. The van der Waals surface area contributed by atoms with Gasteiger partial charge >= 0.3 is 6.18 Å². The molecule has 2 nitrogen and oxygen atoms in total. The number of halogens is 3. The molecule has 0 rings (SSSR count). The fraction of sp³-hybridized carbons (Fsp3) is 1.00. The van der Waals surface area contributed by atoms with Crippen molar-refractivity contribution in [2.24, 2.45) is 5.73 Å². The molecule has 0 aromatic carbocycles. The Balaban J connectivity index is 4.38. The van der Waals surface area contributed by atoms with E-state index in [-0.39, 0.29) is 12.6 Å². The van der Waals surface area contributed by atoms with Crippen LogP contribution in [0.2, 0.25) is 0 Å². The van der Waals surface area contributed by atoms with Crippen molar-refractivity contribution in [3.05, 3.63) is 0 Å². The lowest BCUT2D eigenvalue weighted by atomic mass is 10.1. The number of alkyl halides is 3. The first-order valence-corrected chi connectivity index (χ1v) is 4.83. The molecule has 5 heteroatoms. The number of rotatable bonds is 5. The average Bonchev–Trinajstić information content (AvgIpc) is 2.03. The van der Waals surface area contributed by atoms with Crippen molar-refractivity contribution in [2.75, 3.05) is 13.6 Å². The largest absolute Gasteiger partial charge is 0.405 e. The highest BCUT2D eigenvalue weighted by Gasteiger charge is 2.42. The van der Waals surface area contributed by atoms with E-state index in [9.17, 15) is 13.2 Å². The standard InChI is InChI=1S/C9H19F3N2/c1-4-5-7(2)14(3)8(6-13)9(10,11)12/h7-8H,4-6,13H2,1-3H3. The van der Waals surface area contributed by atoms with E-state index in [4.69, 9.17) is 5.73 Å². The zero-order valence-electron chi connectivity index (χ0n) is 8.93. The van der Waals surface area contributed by atoms with Crippen LogP contribution in [0.4, 0.5) is 13.2 Å². The van der Waals surface area contributed by atoms with Crippen LogP contribution in [0.15, 0.2) is 0 Å². The summed E-state index contributed by atoms with van der Waals surface area (Å²) in [6.45, 7) is 3.36. The number of hydrogen-bond donors (Lipinski definition) is 1. The molecule has 0 radical (unpaired) electrons. The van der Waals surface area contributed by atoms with Crippen LogP contribution in [-0.4, -0.2) is 36.8 Å². The highest BCUT2D eigenvalue weighted by atomic mass is 19.4. The van der Waals surface area contributed by atoms with Gasteiger partial charge in [0.15, 0.2) is 0 Å². The molecular formula is C9H19F3N2. The summed E-state index contributed by atoms with van der Waals surface area (Å²) in [5.74, 6) is 0. The van der Waals surface area contributed by atoms with Gasteiger partial charge in [-0.05, 0) is 20.4 Å². The SMILES string of the molecule is CCCC(C)N(C)C(CN)C(F)(F)F. The van der Waals surface area contributed by atoms with Crippen molar-refractivity contribution in [1.82, 2.24) is 4.90 Å². The van der Waals surface area contributed by atoms with Crippen molar-refractivity contribution in [2.45, 2.75) is 44.9 Å². The summed E-state index contributed by atoms with van der Waals surface area (Å²) in [5.41, 5.74) is 5.13. The number of likely N-dealkylation sites (N-methyl/N-ethyl adjacent to an activating group) is 1. The smallest absolute Gasteiger partial charge is 0.329 e. The molecule has 2 N–H and O–H groups in total. The number of nitrogens with two attached hydrogens (primary N) is 1. The van der Waals surface area contributed by atoms with Gasteiger partial charge in [0.1, 0.15) is 6.04 Å². The molecular weight excluding hydrogens is 193 g/mol. The van der Waals surface area contributed by atoms with Crippen molar-refractivity contribution >= 4 is 0 Å². The molecule has 0 aliphatic heterocycles. The Morgan fingerprint density at radius 3 is 2.14 bits per heavy atom. The first kappa shape index (κ1) is 13.7. The molecule has 0 bridgehead atoms. The topological polar surface area (TPSA) is 29.3 Å². The molecule has 2 unspecified atom stereocenters. The highest BCUT2D eigenvalue weighted by molar-refractivity contribution is 4.80. The van der Waals surface area contributed by atoms with Gasteiger partial charge in [-0.2, -0.15) is 13.2 Å². The Labute approximate surface area is 83.3 Å². The molecule has 0 amide bonds. The molecule has 86 valence electrons. The minimum atomic E-state index is -4.23. The summed E-state index contributed by atoms with van der Waals surface area (Å²) in [6.07, 6.45) is -2.60. The van der Waals surface area contributed by atoms with E-state index >= 15 is 0 Å². The maximum atomic E-state index is 12.4. The first-order chi connectivity index (χ1) is 6.34. The second-order valence-corrected chi connectivity index (χ2v) is 3.60. The van der Waals surface area contributed by atoms with Gasteiger partial charge in [0, 0.05) is 12.6 Å². The van der Waals surface area contributed by atoms with E-state index in [0.717, 1.165) is 12.8 Å². The van der Waals surface area contributed by atoms with Gasteiger partial charge in [0.25, 0.3) is 0 Å². The lowest BCUT2D eigenvalue weighted by molar-refractivity contribution is -0.182. The van der Waals surface area contributed by atoms with Gasteiger partial charge in [0.2, 0.25) is 0 Å². The molecule has 0 heterocycles. The summed E-state index contributed by atoms with van der Waals surface area (Å²) < 4.78 is 37.3. The summed E-state index contributed by atoms with van der Waals surface area (Å²) in [6, 6.07) is -1.61. The monoisotopic (exact) mass is 212 g/mol. The molecule has 14 heavy (non-hydrogen) atoms. The van der Waals surface area contributed by atoms with Gasteiger partial charge in [-0.15, -0.1) is 0 Å². The minimum Gasteiger partial charge on any atom is -0.329 e. The first-order valence-electron chi connectivity index (χ1n) is 4.83. The van der Waals surface area contributed by atoms with E-state index in [0.29, 0.717) is 0 Å². The summed E-state index contributed by atoms with van der Waals surface area (Å²) in [4.78, 5) is 1.31. The zero-order valence-corrected chi connectivity index (χ0v) is 8.93. The Bertz CT molecular complexity index is 159. The Morgan fingerprint density at radius 1 is 1.36 bits per heavy atom. The van der Waals surface area contributed by atoms with Crippen LogP contribution in [-0.2, 0) is 0 Å². The molecule has 0 spiro atoms. The predicted molar refractivity (Wildman–Crippen MR) is 51.0 cm³/mol. The van der Waals surface area contributed by atoms with E-state index in [1.165, 1.54) is 11.9 Å². The Morgan fingerprint density at radius 2 is 1.86 bits per heavy atom. The molecule has 0 aliphatic carbocycles. The van der Waals surface area contributed by atoms with Crippen LogP contribution < -0.4 is 5.73 Å². The van der Waals surface area contributed by atoms with Gasteiger partial charge < -0.3 is 5.73 Å². The fourth-order valence-electron chi connectivity index (χ4n) is 1.46. The maximum absolute atomic E-state index is 12.4. The molecule has 0 aliphatic rings. The van der Waals surface area contributed by atoms with Crippen LogP contribution >= 0.6 is 0 Å². The minimum absolute atomic E-state index is 0.0878. The molecule has 2 atom stereocenters. The number of nitrogens with zero attached hydrogens (tertiary/aromatic N) is 1. The average molecular weight is 212 g/mol. The molecule has 0 aromatic rings. The van der Waals surface area contributed by atoms with E-state index in [2.05, 4.69) is 0 Å². The summed E-state index contributed by atoms with van der Waals surface area (Å²) in [7, 11) is 1.48. The quantitative estimate of drug-likeness (QED) is 0.755. The Kier molecular flexibility index (Phi) is 5.44. The van der Waals surface area contributed by atoms with Gasteiger partial charge in [-0.1, -0.05) is 13.3 Å². The highest BCUT2D eigenvalue weighted by Crippen LogP contribution is 2.25. The van der Waals surface area contributed by atoms with Crippen molar-refractivity contribution in [1.29, 1.82) is 0 Å². The molecule has 0 saturated carbocycles. The second kappa shape index (κ2) is 5.56.